The molecule has 6 heteroatoms. The number of nitrogens with two attached hydrogens (primary N) is 1. The van der Waals surface area contributed by atoms with E-state index in [0.29, 0.717) is 5.69 Å². The van der Waals surface area contributed by atoms with E-state index in [1.807, 2.05) is 25.2 Å². The Morgan fingerprint density at radius 2 is 2.32 bits per heavy atom. The number of rotatable bonds is 5. The molecule has 0 saturated heterocycles. The van der Waals surface area contributed by atoms with Gasteiger partial charge in [0.2, 0.25) is 0 Å². The lowest BCUT2D eigenvalue weighted by Gasteiger charge is -2.20. The van der Waals surface area contributed by atoms with Crippen LogP contribution in [0.4, 0.5) is 5.69 Å². The lowest BCUT2D eigenvalue weighted by atomic mass is 10.2. The summed E-state index contributed by atoms with van der Waals surface area (Å²) >= 11 is 1.74. The van der Waals surface area contributed by atoms with E-state index in [1.54, 1.807) is 17.5 Å². The zero-order valence-electron chi connectivity index (χ0n) is 10.7. The summed E-state index contributed by atoms with van der Waals surface area (Å²) in [6, 6.07) is 7.91. The molecule has 3 N–H and O–H groups in total. The van der Waals surface area contributed by atoms with Crippen LogP contribution in [0.5, 0.6) is 0 Å². The minimum atomic E-state index is 0.0265. The van der Waals surface area contributed by atoms with Crippen molar-refractivity contribution in [2.24, 2.45) is 10.9 Å². The van der Waals surface area contributed by atoms with Gasteiger partial charge in [0.15, 0.2) is 5.84 Å². The number of thiophene rings is 1. The summed E-state index contributed by atoms with van der Waals surface area (Å²) in [6.45, 7) is 0.845. The summed E-state index contributed by atoms with van der Waals surface area (Å²) in [4.78, 5) is 7.55. The minimum absolute atomic E-state index is 0.0265. The normalized spacial score (nSPS) is 11.5. The van der Waals surface area contributed by atoms with Gasteiger partial charge in [-0.2, -0.15) is 0 Å². The molecule has 0 radical (unpaired) electrons. The number of amidine groups is 1. The van der Waals surface area contributed by atoms with Gasteiger partial charge < -0.3 is 15.8 Å². The molecular formula is C13H16N4OS. The maximum Gasteiger partial charge on any atom is 0.190 e. The van der Waals surface area contributed by atoms with Crippen molar-refractivity contribution in [2.45, 2.75) is 6.42 Å². The first kappa shape index (κ1) is 13.4. The molecule has 5 nitrogen and oxygen atoms in total. The van der Waals surface area contributed by atoms with E-state index in [4.69, 9.17) is 10.9 Å². The molecule has 0 aliphatic carbocycles. The highest BCUT2D eigenvalue weighted by Crippen LogP contribution is 2.18. The van der Waals surface area contributed by atoms with Gasteiger partial charge in [-0.25, -0.2) is 0 Å². The van der Waals surface area contributed by atoms with Gasteiger partial charge in [0, 0.05) is 24.7 Å². The second kappa shape index (κ2) is 6.19. The summed E-state index contributed by atoms with van der Waals surface area (Å²) in [5.74, 6) is 0.0265. The summed E-state index contributed by atoms with van der Waals surface area (Å²) in [7, 11) is 1.97. The van der Waals surface area contributed by atoms with Gasteiger partial charge in [-0.3, -0.25) is 4.98 Å². The highest BCUT2D eigenvalue weighted by Gasteiger charge is 2.12. The fraction of sp³-hybridized carbons (Fsp3) is 0.231. The number of aromatic nitrogens is 1. The average molecular weight is 276 g/mol. The minimum Gasteiger partial charge on any atom is -0.409 e. The summed E-state index contributed by atoms with van der Waals surface area (Å²) in [6.07, 6.45) is 2.59. The number of hydrogen-bond acceptors (Lipinski definition) is 5. The second-order valence-electron chi connectivity index (χ2n) is 4.11. The standard InChI is InChI=1S/C13H16N4OS/c1-17(8-6-10-4-3-9-19-10)11-5-2-7-15-12(11)13(14)16-18/h2-5,7,9,18H,6,8H2,1H3,(H2,14,16). The van der Waals surface area contributed by atoms with E-state index in [2.05, 4.69) is 26.5 Å². The Labute approximate surface area is 116 Å². The van der Waals surface area contributed by atoms with E-state index in [1.165, 1.54) is 4.88 Å². The van der Waals surface area contributed by atoms with Crippen molar-refractivity contribution in [3.8, 4) is 0 Å². The van der Waals surface area contributed by atoms with E-state index in [-0.39, 0.29) is 5.84 Å². The molecule has 0 bridgehead atoms. The van der Waals surface area contributed by atoms with Crippen LogP contribution in [0.15, 0.2) is 41.0 Å². The molecule has 0 aliphatic rings. The predicted octanol–water partition coefficient (Wildman–Crippen LogP) is 1.92. The Kier molecular flexibility index (Phi) is 4.35. The fourth-order valence-corrected chi connectivity index (χ4v) is 2.50. The predicted molar refractivity (Wildman–Crippen MR) is 78.0 cm³/mol. The quantitative estimate of drug-likeness (QED) is 0.379. The molecule has 0 aromatic carbocycles. The largest absolute Gasteiger partial charge is 0.409 e. The van der Waals surface area contributed by atoms with Crippen LogP contribution in [0.1, 0.15) is 10.6 Å². The lowest BCUT2D eigenvalue weighted by Crippen LogP contribution is -2.25. The van der Waals surface area contributed by atoms with E-state index >= 15 is 0 Å². The highest BCUT2D eigenvalue weighted by molar-refractivity contribution is 7.09. The Bertz CT molecular complexity index is 554. The van der Waals surface area contributed by atoms with Crippen molar-refractivity contribution < 1.29 is 5.21 Å². The Morgan fingerprint density at radius 1 is 1.47 bits per heavy atom. The van der Waals surface area contributed by atoms with Crippen LogP contribution < -0.4 is 10.6 Å². The molecular weight excluding hydrogens is 260 g/mol. The van der Waals surface area contributed by atoms with Crippen molar-refractivity contribution in [3.05, 3.63) is 46.4 Å². The third-order valence-electron chi connectivity index (χ3n) is 2.82. The number of anilines is 1. The third kappa shape index (κ3) is 3.23. The summed E-state index contributed by atoms with van der Waals surface area (Å²) in [5.41, 5.74) is 6.99. The Balaban J connectivity index is 2.12. The van der Waals surface area contributed by atoms with Crippen molar-refractivity contribution >= 4 is 22.9 Å². The molecule has 0 amide bonds. The fourth-order valence-electron chi connectivity index (χ4n) is 1.80. The van der Waals surface area contributed by atoms with Crippen LogP contribution in [0, 0.1) is 0 Å². The van der Waals surface area contributed by atoms with Crippen LogP contribution in [-0.4, -0.2) is 29.6 Å². The second-order valence-corrected chi connectivity index (χ2v) is 5.14. The van der Waals surface area contributed by atoms with Crippen LogP contribution in [0.2, 0.25) is 0 Å². The topological polar surface area (TPSA) is 74.7 Å². The van der Waals surface area contributed by atoms with Crippen molar-refractivity contribution in [2.75, 3.05) is 18.5 Å². The average Bonchev–Trinajstić information content (AvgIpc) is 2.97. The molecule has 0 unspecified atom stereocenters. The number of nitrogens with zero attached hydrogens (tertiary/aromatic N) is 3. The monoisotopic (exact) mass is 276 g/mol. The van der Waals surface area contributed by atoms with Gasteiger partial charge in [-0.05, 0) is 30.0 Å². The molecule has 0 aliphatic heterocycles. The Hall–Kier alpha value is -2.08. The zero-order valence-corrected chi connectivity index (χ0v) is 11.5. The number of hydrogen-bond donors (Lipinski definition) is 2. The maximum absolute atomic E-state index is 8.78. The van der Waals surface area contributed by atoms with Gasteiger partial charge >= 0.3 is 0 Å². The van der Waals surface area contributed by atoms with Gasteiger partial charge in [-0.1, -0.05) is 11.2 Å². The molecule has 100 valence electrons. The molecule has 0 fully saturated rings. The number of likely N-dealkylation sites (N-methyl/N-ethyl adjacent to an activating group) is 1. The first-order chi connectivity index (χ1) is 9.22. The number of oxime groups is 1. The van der Waals surface area contributed by atoms with Crippen LogP contribution in [0.25, 0.3) is 0 Å². The van der Waals surface area contributed by atoms with Crippen molar-refractivity contribution in [1.82, 2.24) is 4.98 Å². The maximum atomic E-state index is 8.78. The van der Waals surface area contributed by atoms with E-state index in [9.17, 15) is 0 Å². The molecule has 2 rings (SSSR count). The molecule has 0 atom stereocenters. The smallest absolute Gasteiger partial charge is 0.190 e. The van der Waals surface area contributed by atoms with Crippen LogP contribution >= 0.6 is 11.3 Å². The molecule has 0 spiro atoms. The van der Waals surface area contributed by atoms with E-state index < -0.39 is 0 Å². The molecule has 2 aromatic rings. The van der Waals surface area contributed by atoms with Crippen molar-refractivity contribution in [3.63, 3.8) is 0 Å². The summed E-state index contributed by atoms with van der Waals surface area (Å²) < 4.78 is 0. The molecule has 2 aromatic heterocycles. The van der Waals surface area contributed by atoms with Crippen LogP contribution in [0.3, 0.4) is 0 Å². The van der Waals surface area contributed by atoms with Crippen molar-refractivity contribution in [1.29, 1.82) is 0 Å². The first-order valence-electron chi connectivity index (χ1n) is 5.89. The molecule has 0 saturated carbocycles. The number of pyridine rings is 1. The van der Waals surface area contributed by atoms with Crippen LogP contribution in [-0.2, 0) is 6.42 Å². The third-order valence-corrected chi connectivity index (χ3v) is 3.76. The van der Waals surface area contributed by atoms with Gasteiger partial charge in [0.1, 0.15) is 5.69 Å². The first-order valence-corrected chi connectivity index (χ1v) is 6.76. The Morgan fingerprint density at radius 3 is 3.00 bits per heavy atom. The zero-order chi connectivity index (χ0) is 13.7. The molecule has 2 heterocycles. The SMILES string of the molecule is CN(CCc1cccs1)c1cccnc1/C(N)=N/O. The van der Waals surface area contributed by atoms with Gasteiger partial charge in [0.25, 0.3) is 0 Å². The highest BCUT2D eigenvalue weighted by atomic mass is 32.1. The lowest BCUT2D eigenvalue weighted by molar-refractivity contribution is 0.318. The van der Waals surface area contributed by atoms with Gasteiger partial charge in [-0.15, -0.1) is 11.3 Å². The summed E-state index contributed by atoms with van der Waals surface area (Å²) in [5, 5.41) is 13.9. The van der Waals surface area contributed by atoms with Gasteiger partial charge in [0.05, 0.1) is 5.69 Å². The molecule has 19 heavy (non-hydrogen) atoms. The van der Waals surface area contributed by atoms with E-state index in [0.717, 1.165) is 18.7 Å².